The van der Waals surface area contributed by atoms with E-state index in [0.717, 1.165) is 36.8 Å². The number of rotatable bonds is 6. The molecule has 0 aliphatic rings. The van der Waals surface area contributed by atoms with Gasteiger partial charge in [0.05, 0.1) is 0 Å². The largest absolute Gasteiger partial charge is 0.207 e. The van der Waals surface area contributed by atoms with Gasteiger partial charge in [-0.25, -0.2) is 8.78 Å². The number of hydrogen-bond donors (Lipinski definition) is 1. The summed E-state index contributed by atoms with van der Waals surface area (Å²) >= 11 is 5.55. The Morgan fingerprint density at radius 3 is 2.60 bits per heavy atom. The summed E-state index contributed by atoms with van der Waals surface area (Å²) in [6, 6.07) is 3.71. The van der Waals surface area contributed by atoms with Crippen LogP contribution in [0.25, 0.3) is 0 Å². The molecular weight excluding hydrogens is 234 g/mol. The summed E-state index contributed by atoms with van der Waals surface area (Å²) in [5, 5.41) is 0. The van der Waals surface area contributed by atoms with E-state index >= 15 is 0 Å². The van der Waals surface area contributed by atoms with Gasteiger partial charge in [-0.1, -0.05) is 6.42 Å². The average Bonchev–Trinajstić information content (AvgIpc) is 2.20. The maximum atomic E-state index is 13.2. The second kappa shape index (κ2) is 7.12. The molecule has 1 aromatic carbocycles. The Bertz CT molecular complexity index is 303. The SMILES string of the molecule is Fc1ccc(SCCCCCS)c(F)c1. The number of halogens is 2. The molecule has 0 saturated heterocycles. The van der Waals surface area contributed by atoms with Gasteiger partial charge < -0.3 is 0 Å². The predicted molar refractivity (Wildman–Crippen MR) is 64.8 cm³/mol. The van der Waals surface area contributed by atoms with Gasteiger partial charge in [-0.15, -0.1) is 11.8 Å². The van der Waals surface area contributed by atoms with E-state index in [9.17, 15) is 8.78 Å². The molecule has 0 fully saturated rings. The molecule has 0 nitrogen and oxygen atoms in total. The molecule has 0 bridgehead atoms. The Morgan fingerprint density at radius 1 is 1.13 bits per heavy atom. The molecule has 0 aliphatic heterocycles. The van der Waals surface area contributed by atoms with E-state index in [1.54, 1.807) is 0 Å². The molecule has 84 valence electrons. The fraction of sp³-hybridized carbons (Fsp3) is 0.455. The van der Waals surface area contributed by atoms with Crippen molar-refractivity contribution in [3.63, 3.8) is 0 Å². The van der Waals surface area contributed by atoms with Crippen LogP contribution in [0.15, 0.2) is 23.1 Å². The molecule has 0 spiro atoms. The first-order valence-corrected chi connectivity index (χ1v) is 6.54. The lowest BCUT2D eigenvalue weighted by atomic mass is 10.3. The van der Waals surface area contributed by atoms with E-state index < -0.39 is 11.6 Å². The molecule has 4 heteroatoms. The molecule has 0 unspecified atom stereocenters. The van der Waals surface area contributed by atoms with Gasteiger partial charge in [-0.3, -0.25) is 0 Å². The Kier molecular flexibility index (Phi) is 6.10. The Hall–Kier alpha value is -0.220. The molecule has 15 heavy (non-hydrogen) atoms. The fourth-order valence-electron chi connectivity index (χ4n) is 1.17. The molecule has 0 saturated carbocycles. The highest BCUT2D eigenvalue weighted by molar-refractivity contribution is 7.99. The first-order valence-electron chi connectivity index (χ1n) is 4.93. The maximum Gasteiger partial charge on any atom is 0.139 e. The quantitative estimate of drug-likeness (QED) is 0.448. The summed E-state index contributed by atoms with van der Waals surface area (Å²) in [6.07, 6.45) is 3.25. The van der Waals surface area contributed by atoms with Crippen LogP contribution in [0.5, 0.6) is 0 Å². The summed E-state index contributed by atoms with van der Waals surface area (Å²) in [7, 11) is 0. The molecule has 0 heterocycles. The van der Waals surface area contributed by atoms with Gasteiger partial charge in [0.2, 0.25) is 0 Å². The lowest BCUT2D eigenvalue weighted by Gasteiger charge is -2.02. The van der Waals surface area contributed by atoms with Crippen molar-refractivity contribution in [3.05, 3.63) is 29.8 Å². The molecule has 0 aliphatic carbocycles. The van der Waals surface area contributed by atoms with Crippen molar-refractivity contribution in [3.8, 4) is 0 Å². The molecule has 1 aromatic rings. The second-order valence-electron chi connectivity index (χ2n) is 3.21. The average molecular weight is 248 g/mol. The summed E-state index contributed by atoms with van der Waals surface area (Å²) in [6.45, 7) is 0. The smallest absolute Gasteiger partial charge is 0.139 e. The van der Waals surface area contributed by atoms with Crippen LogP contribution in [-0.2, 0) is 0 Å². The molecule has 0 N–H and O–H groups in total. The zero-order valence-corrected chi connectivity index (χ0v) is 10.1. The van der Waals surface area contributed by atoms with Crippen LogP contribution in [0.1, 0.15) is 19.3 Å². The third kappa shape index (κ3) is 4.89. The highest BCUT2D eigenvalue weighted by Crippen LogP contribution is 2.23. The number of thiol groups is 1. The van der Waals surface area contributed by atoms with E-state index in [1.165, 1.54) is 23.9 Å². The highest BCUT2D eigenvalue weighted by Gasteiger charge is 2.03. The Balaban J connectivity index is 2.31. The van der Waals surface area contributed by atoms with Crippen molar-refractivity contribution in [2.24, 2.45) is 0 Å². The zero-order valence-electron chi connectivity index (χ0n) is 8.38. The van der Waals surface area contributed by atoms with Gasteiger partial charge in [0.15, 0.2) is 0 Å². The van der Waals surface area contributed by atoms with Crippen molar-refractivity contribution in [2.75, 3.05) is 11.5 Å². The van der Waals surface area contributed by atoms with Crippen molar-refractivity contribution >= 4 is 24.4 Å². The Morgan fingerprint density at radius 2 is 1.93 bits per heavy atom. The van der Waals surface area contributed by atoms with Crippen LogP contribution in [0.3, 0.4) is 0 Å². The summed E-state index contributed by atoms with van der Waals surface area (Å²) in [4.78, 5) is 0.530. The number of hydrogen-bond acceptors (Lipinski definition) is 2. The van der Waals surface area contributed by atoms with Crippen LogP contribution in [-0.4, -0.2) is 11.5 Å². The second-order valence-corrected chi connectivity index (χ2v) is 4.79. The van der Waals surface area contributed by atoms with Crippen molar-refractivity contribution in [2.45, 2.75) is 24.2 Å². The normalized spacial score (nSPS) is 10.6. The summed E-state index contributed by atoms with van der Waals surface area (Å²) < 4.78 is 25.7. The van der Waals surface area contributed by atoms with Crippen molar-refractivity contribution in [1.82, 2.24) is 0 Å². The van der Waals surface area contributed by atoms with Crippen LogP contribution in [0.4, 0.5) is 8.78 Å². The number of unbranched alkanes of at least 4 members (excludes halogenated alkanes) is 2. The first-order chi connectivity index (χ1) is 7.24. The maximum absolute atomic E-state index is 13.2. The van der Waals surface area contributed by atoms with E-state index in [0.29, 0.717) is 4.90 Å². The molecular formula is C11H14F2S2. The third-order valence-electron chi connectivity index (χ3n) is 1.95. The third-order valence-corrected chi connectivity index (χ3v) is 3.41. The summed E-state index contributed by atoms with van der Waals surface area (Å²) in [5.74, 6) is 0.785. The lowest BCUT2D eigenvalue weighted by molar-refractivity contribution is 0.565. The van der Waals surface area contributed by atoms with E-state index in [2.05, 4.69) is 12.6 Å². The fourth-order valence-corrected chi connectivity index (χ4v) is 2.32. The van der Waals surface area contributed by atoms with Gasteiger partial charge in [0.1, 0.15) is 11.6 Å². The van der Waals surface area contributed by atoms with Crippen LogP contribution < -0.4 is 0 Å². The number of thioether (sulfide) groups is 1. The first kappa shape index (κ1) is 12.8. The minimum atomic E-state index is -0.521. The van der Waals surface area contributed by atoms with Gasteiger partial charge in [0.25, 0.3) is 0 Å². The van der Waals surface area contributed by atoms with E-state index in [4.69, 9.17) is 0 Å². The van der Waals surface area contributed by atoms with E-state index in [1.807, 2.05) is 0 Å². The molecule has 0 radical (unpaired) electrons. The standard InChI is InChI=1S/C11H14F2S2/c12-9-4-5-11(10(13)8-9)15-7-3-1-2-6-14/h4-5,8,14H,1-3,6-7H2. The lowest BCUT2D eigenvalue weighted by Crippen LogP contribution is -1.86. The summed E-state index contributed by atoms with van der Waals surface area (Å²) in [5.41, 5.74) is 0. The molecule has 0 aromatic heterocycles. The van der Waals surface area contributed by atoms with Gasteiger partial charge in [0, 0.05) is 11.0 Å². The van der Waals surface area contributed by atoms with Gasteiger partial charge in [-0.05, 0) is 36.5 Å². The minimum absolute atomic E-state index is 0.464. The molecule has 0 amide bonds. The molecule has 0 atom stereocenters. The minimum Gasteiger partial charge on any atom is -0.207 e. The highest BCUT2D eigenvalue weighted by atomic mass is 32.2. The zero-order chi connectivity index (χ0) is 11.1. The molecule has 1 rings (SSSR count). The topological polar surface area (TPSA) is 0 Å². The van der Waals surface area contributed by atoms with Crippen LogP contribution >= 0.6 is 24.4 Å². The Labute approximate surface area is 98.9 Å². The van der Waals surface area contributed by atoms with E-state index in [-0.39, 0.29) is 0 Å². The van der Waals surface area contributed by atoms with Crippen molar-refractivity contribution in [1.29, 1.82) is 0 Å². The van der Waals surface area contributed by atoms with Gasteiger partial charge >= 0.3 is 0 Å². The number of benzene rings is 1. The predicted octanol–water partition coefficient (Wildman–Crippen LogP) is 4.16. The van der Waals surface area contributed by atoms with Gasteiger partial charge in [-0.2, -0.15) is 12.6 Å². The van der Waals surface area contributed by atoms with Crippen LogP contribution in [0.2, 0.25) is 0 Å². The monoisotopic (exact) mass is 248 g/mol. The van der Waals surface area contributed by atoms with Crippen LogP contribution in [0, 0.1) is 11.6 Å². The van der Waals surface area contributed by atoms with Crippen molar-refractivity contribution < 1.29 is 8.78 Å².